The average Bonchev–Trinajstić information content (AvgIpc) is 2.70. The van der Waals surface area contributed by atoms with E-state index in [1.807, 2.05) is 62.4 Å². The molecule has 2 N–H and O–H groups in total. The number of rotatable bonds is 6. The zero-order valence-electron chi connectivity index (χ0n) is 15.6. The number of benzene rings is 2. The highest BCUT2D eigenvalue weighted by molar-refractivity contribution is 7.99. The zero-order chi connectivity index (χ0) is 19.9. The molecule has 0 aliphatic carbocycles. The molecule has 0 aliphatic rings. The van der Waals surface area contributed by atoms with Crippen LogP contribution >= 0.6 is 11.8 Å². The molecule has 0 radical (unpaired) electrons. The Labute approximate surface area is 167 Å². The molecule has 6 nitrogen and oxygen atoms in total. The maximum atomic E-state index is 12.2. The van der Waals surface area contributed by atoms with Crippen LogP contribution < -0.4 is 10.9 Å². The highest BCUT2D eigenvalue weighted by Gasteiger charge is 2.09. The number of aromatic nitrogens is 3. The Hall–Kier alpha value is -3.19. The molecule has 0 atom stereocenters. The Balaban J connectivity index is 1.60. The van der Waals surface area contributed by atoms with Crippen molar-refractivity contribution in [3.05, 3.63) is 81.3 Å². The molecule has 3 rings (SSSR count). The summed E-state index contributed by atoms with van der Waals surface area (Å²) in [5.41, 5.74) is 3.76. The fourth-order valence-electron chi connectivity index (χ4n) is 2.45. The second-order valence-electron chi connectivity index (χ2n) is 6.17. The van der Waals surface area contributed by atoms with E-state index in [-0.39, 0.29) is 22.9 Å². The lowest BCUT2D eigenvalue weighted by molar-refractivity contribution is -0.113. The molecule has 0 saturated heterocycles. The quantitative estimate of drug-likeness (QED) is 0.625. The number of thioether (sulfide) groups is 1. The summed E-state index contributed by atoms with van der Waals surface area (Å²) in [6.45, 7) is 3.95. The first-order chi connectivity index (χ1) is 13.5. The molecule has 0 saturated carbocycles. The third kappa shape index (κ3) is 5.17. The Morgan fingerprint density at radius 2 is 1.86 bits per heavy atom. The molecular formula is C21H20N4O2S. The Bertz CT molecular complexity index is 1060. The number of aromatic amines is 1. The minimum Gasteiger partial charge on any atom is -0.325 e. The number of nitrogens with one attached hydrogen (secondary N) is 2. The van der Waals surface area contributed by atoms with E-state index >= 15 is 0 Å². The van der Waals surface area contributed by atoms with Crippen molar-refractivity contribution in [2.75, 3.05) is 11.1 Å². The van der Waals surface area contributed by atoms with E-state index in [1.165, 1.54) is 0 Å². The van der Waals surface area contributed by atoms with Crippen molar-refractivity contribution in [2.24, 2.45) is 0 Å². The van der Waals surface area contributed by atoms with Crippen molar-refractivity contribution in [3.63, 3.8) is 0 Å². The van der Waals surface area contributed by atoms with Gasteiger partial charge in [0.15, 0.2) is 10.9 Å². The van der Waals surface area contributed by atoms with E-state index in [9.17, 15) is 9.59 Å². The van der Waals surface area contributed by atoms with Gasteiger partial charge >= 0.3 is 0 Å². The van der Waals surface area contributed by atoms with Crippen molar-refractivity contribution >= 4 is 35.5 Å². The summed E-state index contributed by atoms with van der Waals surface area (Å²) in [7, 11) is 0. The van der Waals surface area contributed by atoms with Crippen LogP contribution in [-0.2, 0) is 4.79 Å². The van der Waals surface area contributed by atoms with Crippen LogP contribution in [0.1, 0.15) is 22.4 Å². The van der Waals surface area contributed by atoms with E-state index in [1.54, 1.807) is 12.2 Å². The summed E-state index contributed by atoms with van der Waals surface area (Å²) >= 11 is 1.13. The number of carbonyl (C=O) groups excluding carboxylic acids is 1. The number of amides is 1. The lowest BCUT2D eigenvalue weighted by Crippen LogP contribution is -2.17. The number of H-pyrrole nitrogens is 1. The van der Waals surface area contributed by atoms with Gasteiger partial charge in [-0.05, 0) is 42.7 Å². The number of aryl methyl sites for hydroxylation is 1. The maximum Gasteiger partial charge on any atom is 0.277 e. The van der Waals surface area contributed by atoms with Crippen LogP contribution in [0.25, 0.3) is 12.2 Å². The molecular weight excluding hydrogens is 372 g/mol. The van der Waals surface area contributed by atoms with E-state index in [0.717, 1.165) is 34.1 Å². The van der Waals surface area contributed by atoms with Gasteiger partial charge in [0.25, 0.3) is 5.56 Å². The Kier molecular flexibility index (Phi) is 6.39. The van der Waals surface area contributed by atoms with Gasteiger partial charge in [0.2, 0.25) is 5.91 Å². The van der Waals surface area contributed by atoms with Gasteiger partial charge in [-0.25, -0.2) is 0 Å². The standard InChI is InChI=1S/C21H20N4O2S/c1-14-7-6-10-17(15(14)2)22-19(26)13-28-21-23-20(27)18(24-25-21)12-11-16-8-4-3-5-9-16/h3-12H,13H2,1-2H3,(H,22,26)(H,23,25,27)/b12-11+. The fraction of sp³-hybridized carbons (Fsp3) is 0.143. The van der Waals surface area contributed by atoms with Crippen LogP contribution in [0.2, 0.25) is 0 Å². The summed E-state index contributed by atoms with van der Waals surface area (Å²) in [6, 6.07) is 15.4. The first-order valence-electron chi connectivity index (χ1n) is 8.72. The molecule has 2 aromatic carbocycles. The SMILES string of the molecule is Cc1cccc(NC(=O)CSc2nnc(/C=C/c3ccccc3)c(=O)[nH]2)c1C. The monoisotopic (exact) mass is 392 g/mol. The van der Waals surface area contributed by atoms with E-state index in [2.05, 4.69) is 20.5 Å². The molecule has 1 heterocycles. The van der Waals surface area contributed by atoms with Crippen LogP contribution in [0, 0.1) is 13.8 Å². The number of hydrogen-bond acceptors (Lipinski definition) is 5. The lowest BCUT2D eigenvalue weighted by Gasteiger charge is -2.09. The van der Waals surface area contributed by atoms with E-state index in [4.69, 9.17) is 0 Å². The van der Waals surface area contributed by atoms with Crippen LogP contribution in [-0.4, -0.2) is 26.8 Å². The highest BCUT2D eigenvalue weighted by Crippen LogP contribution is 2.19. The predicted octanol–water partition coefficient (Wildman–Crippen LogP) is 3.68. The highest BCUT2D eigenvalue weighted by atomic mass is 32.2. The van der Waals surface area contributed by atoms with Gasteiger partial charge in [0, 0.05) is 5.69 Å². The van der Waals surface area contributed by atoms with E-state index in [0.29, 0.717) is 5.16 Å². The topological polar surface area (TPSA) is 87.7 Å². The first-order valence-corrected chi connectivity index (χ1v) is 9.70. The van der Waals surface area contributed by atoms with Crippen molar-refractivity contribution in [1.82, 2.24) is 15.2 Å². The van der Waals surface area contributed by atoms with Crippen molar-refractivity contribution in [3.8, 4) is 0 Å². The second-order valence-corrected chi connectivity index (χ2v) is 7.14. The normalized spacial score (nSPS) is 10.9. The van der Waals surface area contributed by atoms with Gasteiger partial charge in [-0.1, -0.05) is 60.3 Å². The molecule has 7 heteroatoms. The largest absolute Gasteiger partial charge is 0.325 e. The summed E-state index contributed by atoms with van der Waals surface area (Å²) < 4.78 is 0. The average molecular weight is 392 g/mol. The lowest BCUT2D eigenvalue weighted by atomic mass is 10.1. The molecule has 1 aromatic heterocycles. The fourth-order valence-corrected chi connectivity index (χ4v) is 3.05. The summed E-state index contributed by atoms with van der Waals surface area (Å²) in [5, 5.41) is 11.1. The maximum absolute atomic E-state index is 12.2. The zero-order valence-corrected chi connectivity index (χ0v) is 16.4. The molecule has 0 spiro atoms. The van der Waals surface area contributed by atoms with Gasteiger partial charge in [-0.3, -0.25) is 14.6 Å². The molecule has 0 aliphatic heterocycles. The van der Waals surface area contributed by atoms with Gasteiger partial charge in [0.1, 0.15) is 0 Å². The molecule has 0 fully saturated rings. The van der Waals surface area contributed by atoms with E-state index < -0.39 is 0 Å². The van der Waals surface area contributed by atoms with Crippen LogP contribution in [0.4, 0.5) is 5.69 Å². The van der Waals surface area contributed by atoms with Gasteiger partial charge in [-0.15, -0.1) is 10.2 Å². The minimum absolute atomic E-state index is 0.122. The number of hydrogen-bond donors (Lipinski definition) is 2. The first kappa shape index (κ1) is 19.6. The smallest absolute Gasteiger partial charge is 0.277 e. The van der Waals surface area contributed by atoms with Crippen LogP contribution in [0.5, 0.6) is 0 Å². The number of carbonyl (C=O) groups is 1. The molecule has 0 bridgehead atoms. The minimum atomic E-state index is -0.348. The van der Waals surface area contributed by atoms with Gasteiger partial charge < -0.3 is 5.32 Å². The van der Waals surface area contributed by atoms with Gasteiger partial charge in [-0.2, -0.15) is 0 Å². The Morgan fingerprint density at radius 1 is 1.07 bits per heavy atom. The molecule has 28 heavy (non-hydrogen) atoms. The summed E-state index contributed by atoms with van der Waals surface area (Å²) in [5.74, 6) is -0.0496. The summed E-state index contributed by atoms with van der Waals surface area (Å²) in [6.07, 6.45) is 3.41. The second kappa shape index (κ2) is 9.14. The van der Waals surface area contributed by atoms with Crippen molar-refractivity contribution in [2.45, 2.75) is 19.0 Å². The molecule has 3 aromatic rings. The molecule has 0 unspecified atom stereocenters. The number of anilines is 1. The van der Waals surface area contributed by atoms with Crippen LogP contribution in [0.15, 0.2) is 58.5 Å². The molecule has 142 valence electrons. The Morgan fingerprint density at radius 3 is 2.61 bits per heavy atom. The molecule has 1 amide bonds. The van der Waals surface area contributed by atoms with Crippen molar-refractivity contribution in [1.29, 1.82) is 0 Å². The van der Waals surface area contributed by atoms with Crippen molar-refractivity contribution < 1.29 is 4.79 Å². The predicted molar refractivity (Wildman–Crippen MR) is 113 cm³/mol. The van der Waals surface area contributed by atoms with Crippen LogP contribution in [0.3, 0.4) is 0 Å². The summed E-state index contributed by atoms with van der Waals surface area (Å²) in [4.78, 5) is 27.0. The third-order valence-corrected chi connectivity index (χ3v) is 5.02. The number of nitrogens with zero attached hydrogens (tertiary/aromatic N) is 2. The third-order valence-electron chi connectivity index (χ3n) is 4.15. The van der Waals surface area contributed by atoms with Gasteiger partial charge in [0.05, 0.1) is 5.75 Å².